The highest BCUT2D eigenvalue weighted by molar-refractivity contribution is 6.32. The number of epoxide rings is 1. The molecule has 0 saturated carbocycles. The van der Waals surface area contributed by atoms with Crippen LogP contribution >= 0.6 is 11.6 Å². The molecule has 48 heavy (non-hydrogen) atoms. The Bertz CT molecular complexity index is 1420. The van der Waals surface area contributed by atoms with Gasteiger partial charge in [-0.15, -0.1) is 0 Å². The van der Waals surface area contributed by atoms with E-state index in [1.54, 1.807) is 31.2 Å². The van der Waals surface area contributed by atoms with Crippen molar-refractivity contribution in [3.05, 3.63) is 76.8 Å². The Hall–Kier alpha value is -3.93. The van der Waals surface area contributed by atoms with Gasteiger partial charge in [0.15, 0.2) is 6.10 Å². The van der Waals surface area contributed by atoms with Crippen LogP contribution in [0.3, 0.4) is 0 Å². The zero-order valence-corrected chi connectivity index (χ0v) is 29.2. The van der Waals surface area contributed by atoms with E-state index >= 15 is 0 Å². The summed E-state index contributed by atoms with van der Waals surface area (Å²) < 4.78 is 17.0. The van der Waals surface area contributed by atoms with Crippen molar-refractivity contribution in [2.45, 2.75) is 77.4 Å². The van der Waals surface area contributed by atoms with Gasteiger partial charge in [-0.3, -0.25) is 14.4 Å². The molecule has 11 nitrogen and oxygen atoms in total. The largest absolute Gasteiger partial charge is 0.495 e. The molecule has 1 aliphatic heterocycles. The lowest BCUT2D eigenvalue weighted by Crippen LogP contribution is -2.49. The maximum atomic E-state index is 13.2. The third-order valence-corrected chi connectivity index (χ3v) is 8.49. The van der Waals surface area contributed by atoms with E-state index in [4.69, 9.17) is 25.8 Å². The van der Waals surface area contributed by atoms with Gasteiger partial charge in [-0.2, -0.15) is 0 Å². The van der Waals surface area contributed by atoms with Gasteiger partial charge in [0.05, 0.1) is 24.2 Å². The van der Waals surface area contributed by atoms with Crippen LogP contribution in [0.25, 0.3) is 0 Å². The summed E-state index contributed by atoms with van der Waals surface area (Å²) in [5.41, 5.74) is 1.70. The molecule has 3 amide bonds. The predicted molar refractivity (Wildman–Crippen MR) is 182 cm³/mol. The molecule has 1 unspecified atom stereocenters. The molecule has 1 aliphatic rings. The second-order valence-electron chi connectivity index (χ2n) is 12.5. The van der Waals surface area contributed by atoms with E-state index < -0.39 is 42.0 Å². The summed E-state index contributed by atoms with van der Waals surface area (Å²) in [6.07, 6.45) is 1.10. The SMILES string of the molecule is CNC(=O)[C@@H](C)CNC(=O)[C@@H](Cc1ccc(OC)c(Cl)c1)NC(=O)C=CC[C@H](OC(=O)C(O)CC(C)C)[C@H](C)[C@H]1O[C@@H]1c1ccccc1. The number of amides is 3. The Morgan fingerprint density at radius 1 is 1.04 bits per heavy atom. The monoisotopic (exact) mass is 685 g/mol. The van der Waals surface area contributed by atoms with Crippen molar-refractivity contribution in [1.29, 1.82) is 0 Å². The lowest BCUT2D eigenvalue weighted by molar-refractivity contribution is -0.162. The minimum Gasteiger partial charge on any atom is -0.495 e. The molecule has 1 heterocycles. The molecule has 0 radical (unpaired) electrons. The first-order chi connectivity index (χ1) is 22.8. The molecular weight excluding hydrogens is 638 g/mol. The number of nitrogens with one attached hydrogen (secondary N) is 3. The van der Waals surface area contributed by atoms with Crippen LogP contribution in [0.2, 0.25) is 5.02 Å². The fourth-order valence-corrected chi connectivity index (χ4v) is 5.59. The molecule has 12 heteroatoms. The number of methoxy groups -OCH3 is 1. The van der Waals surface area contributed by atoms with E-state index in [-0.39, 0.29) is 55.8 Å². The van der Waals surface area contributed by atoms with E-state index in [1.165, 1.54) is 20.2 Å². The fourth-order valence-electron chi connectivity index (χ4n) is 5.31. The summed E-state index contributed by atoms with van der Waals surface area (Å²) in [7, 11) is 3.01. The molecule has 0 bridgehead atoms. The number of aliphatic hydroxyl groups is 1. The smallest absolute Gasteiger partial charge is 0.335 e. The maximum Gasteiger partial charge on any atom is 0.335 e. The van der Waals surface area contributed by atoms with Crippen molar-refractivity contribution in [2.75, 3.05) is 20.7 Å². The maximum absolute atomic E-state index is 13.2. The molecule has 4 N–H and O–H groups in total. The molecule has 1 saturated heterocycles. The van der Waals surface area contributed by atoms with Gasteiger partial charge in [-0.05, 0) is 41.7 Å². The van der Waals surface area contributed by atoms with Gasteiger partial charge < -0.3 is 35.3 Å². The lowest BCUT2D eigenvalue weighted by Gasteiger charge is -2.24. The van der Waals surface area contributed by atoms with Gasteiger partial charge in [0, 0.05) is 32.4 Å². The van der Waals surface area contributed by atoms with Crippen LogP contribution in [-0.4, -0.2) is 73.9 Å². The highest BCUT2D eigenvalue weighted by atomic mass is 35.5. The summed E-state index contributed by atoms with van der Waals surface area (Å²) >= 11 is 6.30. The number of aliphatic hydroxyl groups excluding tert-OH is 1. The van der Waals surface area contributed by atoms with Crippen LogP contribution in [0, 0.1) is 17.8 Å². The zero-order valence-electron chi connectivity index (χ0n) is 28.4. The third-order valence-electron chi connectivity index (χ3n) is 8.20. The number of esters is 1. The van der Waals surface area contributed by atoms with Crippen molar-refractivity contribution < 1.29 is 38.5 Å². The van der Waals surface area contributed by atoms with Gasteiger partial charge >= 0.3 is 5.97 Å². The van der Waals surface area contributed by atoms with Gasteiger partial charge in [-0.1, -0.05) is 81.8 Å². The Morgan fingerprint density at radius 2 is 1.75 bits per heavy atom. The molecule has 262 valence electrons. The Labute approximate surface area is 287 Å². The molecule has 2 aromatic carbocycles. The highest BCUT2D eigenvalue weighted by Crippen LogP contribution is 2.45. The Balaban J connectivity index is 1.72. The normalized spacial score (nSPS) is 18.7. The number of ether oxygens (including phenoxy) is 3. The second-order valence-corrected chi connectivity index (χ2v) is 13.0. The molecule has 7 atom stereocenters. The number of carbonyl (C=O) groups is 4. The molecule has 0 aliphatic carbocycles. The van der Waals surface area contributed by atoms with Crippen LogP contribution in [-0.2, 0) is 35.1 Å². The summed E-state index contributed by atoms with van der Waals surface area (Å²) in [5.74, 6) is -2.15. The third kappa shape index (κ3) is 11.6. The molecule has 1 fully saturated rings. The van der Waals surface area contributed by atoms with Gasteiger partial charge in [0.2, 0.25) is 17.7 Å². The van der Waals surface area contributed by atoms with Crippen molar-refractivity contribution in [1.82, 2.24) is 16.0 Å². The quantitative estimate of drug-likeness (QED) is 0.105. The number of hydrogen-bond acceptors (Lipinski definition) is 8. The zero-order chi connectivity index (χ0) is 35.4. The molecule has 0 spiro atoms. The lowest BCUT2D eigenvalue weighted by atomic mass is 9.93. The second kappa shape index (κ2) is 18.6. The summed E-state index contributed by atoms with van der Waals surface area (Å²) in [4.78, 5) is 51.1. The standard InChI is InChI=1S/C36H48ClN3O8/c1-21(2)17-28(41)36(45)47-29(23(4)32-33(48-32)25-11-8-7-9-12-25)13-10-14-31(42)40-27(35(44)39-20-22(3)34(43)38-5)19-24-15-16-30(46-6)26(37)18-24/h7-12,14-16,18,21-23,27-29,32-33,41H,13,17,19-20H2,1-6H3,(H,38,43)(H,39,44)(H,40,42)/t22-,23-,27+,28?,29-,32+,33+/m0/s1. The number of rotatable bonds is 18. The number of benzene rings is 2. The van der Waals surface area contributed by atoms with Crippen LogP contribution < -0.4 is 20.7 Å². The van der Waals surface area contributed by atoms with E-state index in [0.29, 0.717) is 16.3 Å². The first-order valence-corrected chi connectivity index (χ1v) is 16.6. The minimum absolute atomic E-state index is 0.0743. The van der Waals surface area contributed by atoms with E-state index in [2.05, 4.69) is 16.0 Å². The summed E-state index contributed by atoms with van der Waals surface area (Å²) in [6.45, 7) is 7.47. The van der Waals surface area contributed by atoms with E-state index in [1.807, 2.05) is 51.1 Å². The van der Waals surface area contributed by atoms with Crippen LogP contribution in [0.1, 0.15) is 57.8 Å². The van der Waals surface area contributed by atoms with Crippen LogP contribution in [0.15, 0.2) is 60.7 Å². The molecule has 2 aromatic rings. The predicted octanol–water partition coefficient (Wildman–Crippen LogP) is 3.92. The van der Waals surface area contributed by atoms with Crippen molar-refractivity contribution in [3.63, 3.8) is 0 Å². The molecule has 3 rings (SSSR count). The fraction of sp³-hybridized carbons (Fsp3) is 0.500. The van der Waals surface area contributed by atoms with E-state index in [9.17, 15) is 24.3 Å². The van der Waals surface area contributed by atoms with Gasteiger partial charge in [0.25, 0.3) is 0 Å². The van der Waals surface area contributed by atoms with Crippen LogP contribution in [0.5, 0.6) is 5.75 Å². The molecular formula is C36H48ClN3O8. The summed E-state index contributed by atoms with van der Waals surface area (Å²) in [6, 6.07) is 13.8. The van der Waals surface area contributed by atoms with Gasteiger partial charge in [0.1, 0.15) is 24.0 Å². The molecule has 0 aromatic heterocycles. The van der Waals surface area contributed by atoms with E-state index in [0.717, 1.165) is 5.56 Å². The summed E-state index contributed by atoms with van der Waals surface area (Å²) in [5, 5.41) is 18.8. The van der Waals surface area contributed by atoms with Crippen molar-refractivity contribution >= 4 is 35.3 Å². The Kier molecular flexibility index (Phi) is 14.9. The minimum atomic E-state index is -1.27. The average Bonchev–Trinajstić information content (AvgIpc) is 3.87. The average molecular weight is 686 g/mol. The number of hydrogen-bond donors (Lipinski definition) is 4. The topological polar surface area (TPSA) is 156 Å². The first-order valence-electron chi connectivity index (χ1n) is 16.2. The number of halogens is 1. The van der Waals surface area contributed by atoms with Gasteiger partial charge in [-0.25, -0.2) is 4.79 Å². The number of carbonyl (C=O) groups excluding carboxylic acids is 4. The van der Waals surface area contributed by atoms with Crippen LogP contribution in [0.4, 0.5) is 0 Å². The first kappa shape index (κ1) is 38.5. The Morgan fingerprint density at radius 3 is 2.38 bits per heavy atom. The van der Waals surface area contributed by atoms with Crippen molar-refractivity contribution in [3.8, 4) is 5.75 Å². The van der Waals surface area contributed by atoms with Crippen molar-refractivity contribution in [2.24, 2.45) is 17.8 Å². The highest BCUT2D eigenvalue weighted by Gasteiger charge is 2.47.